The van der Waals surface area contributed by atoms with Crippen LogP contribution >= 0.6 is 0 Å². The lowest BCUT2D eigenvalue weighted by molar-refractivity contribution is -0.116. The van der Waals surface area contributed by atoms with E-state index in [0.717, 1.165) is 21.0 Å². The summed E-state index contributed by atoms with van der Waals surface area (Å²) < 4.78 is 36.9. The molecule has 2 rings (SSSR count). The number of hydrogen-bond acceptors (Lipinski definition) is 5. The Morgan fingerprint density at radius 3 is 2.11 bits per heavy atom. The molecule has 0 aromatic heterocycles. The average Bonchev–Trinajstić information content (AvgIpc) is 2.63. The smallest absolute Gasteiger partial charge is 0.243 e. The Bertz CT molecular complexity index is 963. The third-order valence-electron chi connectivity index (χ3n) is 4.37. The van der Waals surface area contributed by atoms with E-state index >= 15 is 0 Å². The van der Waals surface area contributed by atoms with Crippen molar-refractivity contribution >= 4 is 21.6 Å². The molecule has 0 atom stereocenters. The van der Waals surface area contributed by atoms with Gasteiger partial charge in [-0.3, -0.25) is 4.79 Å². The summed E-state index contributed by atoms with van der Waals surface area (Å²) in [5.41, 5.74) is 3.65. The number of carbonyl (C=O) groups is 1. The second-order valence-electron chi connectivity index (χ2n) is 6.60. The van der Waals surface area contributed by atoms with Crippen LogP contribution in [-0.4, -0.2) is 46.4 Å². The minimum absolute atomic E-state index is 0.0168. The van der Waals surface area contributed by atoms with Gasteiger partial charge in [0.1, 0.15) is 0 Å². The standard InChI is InChI=1S/C20H26N2O5S/c1-13-9-14(2)20(15(3)10-13)21-19(23)12-22(4)28(24,25)16-7-8-17(26-5)18(11-16)27-6/h7-11H,12H2,1-6H3,(H,21,23). The molecule has 7 nitrogen and oxygen atoms in total. The van der Waals surface area contributed by atoms with Crippen LogP contribution in [0.25, 0.3) is 0 Å². The van der Waals surface area contributed by atoms with Crippen LogP contribution in [-0.2, 0) is 14.8 Å². The van der Waals surface area contributed by atoms with Crippen molar-refractivity contribution in [3.63, 3.8) is 0 Å². The third kappa shape index (κ3) is 4.63. The molecule has 0 fully saturated rings. The van der Waals surface area contributed by atoms with Crippen LogP contribution in [0.1, 0.15) is 16.7 Å². The molecule has 1 amide bonds. The maximum absolute atomic E-state index is 12.8. The molecule has 0 aliphatic carbocycles. The number of nitrogens with one attached hydrogen (secondary N) is 1. The lowest BCUT2D eigenvalue weighted by Crippen LogP contribution is -2.35. The molecule has 0 saturated heterocycles. The summed E-state index contributed by atoms with van der Waals surface area (Å²) in [4.78, 5) is 12.5. The van der Waals surface area contributed by atoms with Crippen molar-refractivity contribution in [1.82, 2.24) is 4.31 Å². The molecular formula is C20H26N2O5S. The fourth-order valence-electron chi connectivity index (χ4n) is 3.00. The highest BCUT2D eigenvalue weighted by Gasteiger charge is 2.24. The first-order chi connectivity index (χ1) is 13.1. The molecule has 2 aromatic carbocycles. The predicted octanol–water partition coefficient (Wildman–Crippen LogP) is 2.89. The zero-order chi connectivity index (χ0) is 21.1. The van der Waals surface area contributed by atoms with Crippen LogP contribution in [0.15, 0.2) is 35.2 Å². The maximum Gasteiger partial charge on any atom is 0.243 e. The van der Waals surface area contributed by atoms with Crippen LogP contribution < -0.4 is 14.8 Å². The monoisotopic (exact) mass is 406 g/mol. The molecule has 0 spiro atoms. The number of nitrogens with zero attached hydrogens (tertiary/aromatic N) is 1. The number of aryl methyl sites for hydroxylation is 3. The zero-order valence-electron chi connectivity index (χ0n) is 17.0. The normalized spacial score (nSPS) is 11.4. The van der Waals surface area contributed by atoms with Crippen LogP contribution in [0.4, 0.5) is 5.69 Å². The predicted molar refractivity (Wildman–Crippen MR) is 109 cm³/mol. The summed E-state index contributed by atoms with van der Waals surface area (Å²) in [6.07, 6.45) is 0. The Morgan fingerprint density at radius 1 is 1.00 bits per heavy atom. The first-order valence-corrected chi connectivity index (χ1v) is 10.1. The van der Waals surface area contributed by atoms with E-state index in [9.17, 15) is 13.2 Å². The van der Waals surface area contributed by atoms with Crippen LogP contribution in [0.2, 0.25) is 0 Å². The number of methoxy groups -OCH3 is 2. The van der Waals surface area contributed by atoms with Gasteiger partial charge in [0.15, 0.2) is 11.5 Å². The molecule has 1 N–H and O–H groups in total. The minimum Gasteiger partial charge on any atom is -0.493 e. The highest BCUT2D eigenvalue weighted by atomic mass is 32.2. The van der Waals surface area contributed by atoms with Crippen LogP contribution in [0, 0.1) is 20.8 Å². The van der Waals surface area contributed by atoms with Gasteiger partial charge in [-0.25, -0.2) is 8.42 Å². The van der Waals surface area contributed by atoms with Gasteiger partial charge in [-0.15, -0.1) is 0 Å². The van der Waals surface area contributed by atoms with Crippen molar-refractivity contribution in [3.8, 4) is 11.5 Å². The summed E-state index contributed by atoms with van der Waals surface area (Å²) in [7, 11) is 0.386. The molecule has 152 valence electrons. The second-order valence-corrected chi connectivity index (χ2v) is 8.64. The average molecular weight is 407 g/mol. The van der Waals surface area contributed by atoms with Crippen molar-refractivity contribution in [1.29, 1.82) is 0 Å². The fourth-order valence-corrected chi connectivity index (χ4v) is 4.14. The van der Waals surface area contributed by atoms with Gasteiger partial charge < -0.3 is 14.8 Å². The third-order valence-corrected chi connectivity index (χ3v) is 6.17. The van der Waals surface area contributed by atoms with Gasteiger partial charge in [0.2, 0.25) is 15.9 Å². The van der Waals surface area contributed by atoms with E-state index in [-0.39, 0.29) is 11.4 Å². The SMILES string of the molecule is COc1ccc(S(=O)(=O)N(C)CC(=O)Nc2c(C)cc(C)cc2C)cc1OC. The lowest BCUT2D eigenvalue weighted by atomic mass is 10.1. The molecule has 28 heavy (non-hydrogen) atoms. The summed E-state index contributed by atoms with van der Waals surface area (Å²) in [5, 5.41) is 2.81. The Kier molecular flexibility index (Phi) is 6.69. The number of hydrogen-bond donors (Lipinski definition) is 1. The van der Waals surface area contributed by atoms with Crippen LogP contribution in [0.5, 0.6) is 11.5 Å². The maximum atomic E-state index is 12.8. The lowest BCUT2D eigenvalue weighted by Gasteiger charge is -2.19. The van der Waals surface area contributed by atoms with E-state index in [4.69, 9.17) is 9.47 Å². The fraction of sp³-hybridized carbons (Fsp3) is 0.350. The number of amides is 1. The molecule has 0 saturated carbocycles. The van der Waals surface area contributed by atoms with Gasteiger partial charge in [-0.1, -0.05) is 17.7 Å². The van der Waals surface area contributed by atoms with E-state index in [1.54, 1.807) is 0 Å². The molecule has 2 aromatic rings. The molecule has 8 heteroatoms. The largest absolute Gasteiger partial charge is 0.493 e. The highest BCUT2D eigenvalue weighted by Crippen LogP contribution is 2.30. The molecule has 0 bridgehead atoms. The van der Waals surface area contributed by atoms with Crippen LogP contribution in [0.3, 0.4) is 0 Å². The quantitative estimate of drug-likeness (QED) is 0.764. The van der Waals surface area contributed by atoms with Gasteiger partial charge in [-0.2, -0.15) is 4.31 Å². The van der Waals surface area contributed by atoms with E-state index in [0.29, 0.717) is 17.2 Å². The minimum atomic E-state index is -3.87. The number of ether oxygens (including phenoxy) is 2. The first kappa shape index (κ1) is 21.7. The number of likely N-dealkylation sites (N-methyl/N-ethyl adjacent to an activating group) is 1. The summed E-state index contributed by atoms with van der Waals surface area (Å²) in [5.74, 6) is 0.307. The van der Waals surface area contributed by atoms with Gasteiger partial charge in [0.05, 0.1) is 25.7 Å². The van der Waals surface area contributed by atoms with E-state index < -0.39 is 15.9 Å². The Hall–Kier alpha value is -2.58. The molecule has 0 unspecified atom stereocenters. The zero-order valence-corrected chi connectivity index (χ0v) is 17.8. The summed E-state index contributed by atoms with van der Waals surface area (Å²) in [6.45, 7) is 5.47. The number of sulfonamides is 1. The number of anilines is 1. The number of rotatable bonds is 7. The van der Waals surface area contributed by atoms with Crippen molar-refractivity contribution in [2.75, 3.05) is 33.1 Å². The van der Waals surface area contributed by atoms with Crippen molar-refractivity contribution < 1.29 is 22.7 Å². The topological polar surface area (TPSA) is 84.9 Å². The van der Waals surface area contributed by atoms with E-state index in [1.807, 2.05) is 32.9 Å². The Balaban J connectivity index is 2.19. The van der Waals surface area contributed by atoms with E-state index in [1.165, 1.54) is 39.5 Å². The number of benzene rings is 2. The molecular weight excluding hydrogens is 380 g/mol. The Labute approximate surface area is 166 Å². The van der Waals surface area contributed by atoms with Gasteiger partial charge in [0.25, 0.3) is 0 Å². The molecule has 0 radical (unpaired) electrons. The molecule has 0 aliphatic rings. The van der Waals surface area contributed by atoms with Gasteiger partial charge in [0, 0.05) is 18.8 Å². The van der Waals surface area contributed by atoms with Crippen molar-refractivity contribution in [3.05, 3.63) is 47.0 Å². The molecule has 0 aliphatic heterocycles. The Morgan fingerprint density at radius 2 is 1.57 bits per heavy atom. The van der Waals surface area contributed by atoms with Crippen molar-refractivity contribution in [2.24, 2.45) is 0 Å². The number of carbonyl (C=O) groups excluding carboxylic acids is 1. The first-order valence-electron chi connectivity index (χ1n) is 8.66. The summed E-state index contributed by atoms with van der Waals surface area (Å²) in [6, 6.07) is 8.23. The van der Waals surface area contributed by atoms with Crippen molar-refractivity contribution in [2.45, 2.75) is 25.7 Å². The van der Waals surface area contributed by atoms with E-state index in [2.05, 4.69) is 5.32 Å². The van der Waals surface area contributed by atoms with Gasteiger partial charge in [-0.05, 0) is 44.0 Å². The second kappa shape index (κ2) is 8.62. The molecule has 0 heterocycles. The van der Waals surface area contributed by atoms with Gasteiger partial charge >= 0.3 is 0 Å². The summed E-state index contributed by atoms with van der Waals surface area (Å²) >= 11 is 0. The highest BCUT2D eigenvalue weighted by molar-refractivity contribution is 7.89.